The van der Waals surface area contributed by atoms with Crippen molar-refractivity contribution in [2.24, 2.45) is 4.99 Å². The lowest BCUT2D eigenvalue weighted by Crippen LogP contribution is -2.40. The molecule has 12 heteroatoms. The Balaban J connectivity index is 1.80. The van der Waals surface area contributed by atoms with Crippen molar-refractivity contribution in [1.29, 1.82) is 0 Å². The number of rotatable bonds is 13. The largest absolute Gasteiger partial charge is 0.493 e. The van der Waals surface area contributed by atoms with Gasteiger partial charge in [0.25, 0.3) is 5.56 Å². The van der Waals surface area contributed by atoms with Gasteiger partial charge in [0, 0.05) is 12.7 Å². The molecular formula is C32H36N2O9S. The lowest BCUT2D eigenvalue weighted by atomic mass is 9.94. The molecule has 44 heavy (non-hydrogen) atoms. The van der Waals surface area contributed by atoms with Gasteiger partial charge in [0.1, 0.15) is 18.4 Å². The van der Waals surface area contributed by atoms with E-state index in [2.05, 4.69) is 4.99 Å². The van der Waals surface area contributed by atoms with Crippen molar-refractivity contribution in [2.75, 3.05) is 40.6 Å². The van der Waals surface area contributed by atoms with E-state index in [1.807, 2.05) is 6.92 Å². The van der Waals surface area contributed by atoms with Gasteiger partial charge in [-0.05, 0) is 57.5 Å². The smallest absolute Gasteiger partial charge is 0.347 e. The van der Waals surface area contributed by atoms with Gasteiger partial charge in [-0.3, -0.25) is 9.36 Å². The maximum absolute atomic E-state index is 14.0. The highest BCUT2D eigenvalue weighted by atomic mass is 32.1. The standard InChI is InChI=1S/C32H36N2O9S/c1-7-40-28-23(10-9-11-24(28)39-6)27-26(31(37)42-17-16-38-5)19(3)33-32-34(27)29(35)25(44-32)18-21-12-14-22(15-13-21)43-20(4)30(36)41-8-2/h9-15,18,20,27H,7-8,16-17H2,1-6H3/b25-18+/t20-,27-/m0/s1. The van der Waals surface area contributed by atoms with E-state index in [-0.39, 0.29) is 31.0 Å². The third-order valence-corrected chi connectivity index (χ3v) is 7.67. The Bertz CT molecular complexity index is 1710. The second-order valence-electron chi connectivity index (χ2n) is 9.60. The Morgan fingerprint density at radius 1 is 1.05 bits per heavy atom. The number of esters is 2. The first kappa shape index (κ1) is 32.5. The van der Waals surface area contributed by atoms with E-state index in [4.69, 9.17) is 28.4 Å². The number of para-hydroxylation sites is 1. The zero-order valence-corrected chi connectivity index (χ0v) is 26.4. The molecule has 0 spiro atoms. The van der Waals surface area contributed by atoms with Gasteiger partial charge < -0.3 is 28.4 Å². The summed E-state index contributed by atoms with van der Waals surface area (Å²) >= 11 is 1.21. The first-order valence-corrected chi connectivity index (χ1v) is 15.0. The van der Waals surface area contributed by atoms with E-state index in [1.54, 1.807) is 69.3 Å². The van der Waals surface area contributed by atoms with Gasteiger partial charge >= 0.3 is 11.9 Å². The molecule has 0 radical (unpaired) electrons. The average molecular weight is 625 g/mol. The summed E-state index contributed by atoms with van der Waals surface area (Å²) in [5.41, 5.74) is 1.59. The maximum atomic E-state index is 14.0. The number of fused-ring (bicyclic) bond motifs is 1. The minimum Gasteiger partial charge on any atom is -0.493 e. The fourth-order valence-electron chi connectivity index (χ4n) is 4.69. The molecule has 0 N–H and O–H groups in total. The molecule has 0 unspecified atom stereocenters. The van der Waals surface area contributed by atoms with Crippen LogP contribution in [0, 0.1) is 0 Å². The molecule has 2 aromatic carbocycles. The fourth-order valence-corrected chi connectivity index (χ4v) is 5.73. The number of aromatic nitrogens is 1. The van der Waals surface area contributed by atoms with E-state index in [9.17, 15) is 14.4 Å². The molecule has 2 heterocycles. The summed E-state index contributed by atoms with van der Waals surface area (Å²) < 4.78 is 34.7. The average Bonchev–Trinajstić information content (AvgIpc) is 3.31. The molecule has 11 nitrogen and oxygen atoms in total. The second kappa shape index (κ2) is 14.8. The number of allylic oxidation sites excluding steroid dienone is 1. The zero-order chi connectivity index (χ0) is 31.8. The molecule has 0 amide bonds. The number of hydrogen-bond donors (Lipinski definition) is 0. The van der Waals surface area contributed by atoms with E-state index in [0.717, 1.165) is 5.56 Å². The molecule has 0 saturated heterocycles. The van der Waals surface area contributed by atoms with Gasteiger partial charge in [0.15, 0.2) is 22.4 Å². The van der Waals surface area contributed by atoms with Crippen LogP contribution >= 0.6 is 11.3 Å². The van der Waals surface area contributed by atoms with Crippen LogP contribution in [0.25, 0.3) is 6.08 Å². The van der Waals surface area contributed by atoms with Crippen molar-refractivity contribution in [3.05, 3.63) is 84.5 Å². The lowest BCUT2D eigenvalue weighted by Gasteiger charge is -2.27. The van der Waals surface area contributed by atoms with E-state index < -0.39 is 24.1 Å². The Hall–Kier alpha value is -4.42. The summed E-state index contributed by atoms with van der Waals surface area (Å²) in [6.45, 7) is 7.77. The summed E-state index contributed by atoms with van der Waals surface area (Å²) in [5, 5.41) is 0. The monoisotopic (exact) mass is 624 g/mol. The third-order valence-electron chi connectivity index (χ3n) is 6.68. The second-order valence-corrected chi connectivity index (χ2v) is 10.6. The topological polar surface area (TPSA) is 124 Å². The molecule has 1 aliphatic heterocycles. The van der Waals surface area contributed by atoms with Gasteiger partial charge in [-0.2, -0.15) is 0 Å². The van der Waals surface area contributed by atoms with Crippen LogP contribution < -0.4 is 29.1 Å². The number of benzene rings is 2. The molecule has 0 bridgehead atoms. The van der Waals surface area contributed by atoms with Crippen molar-refractivity contribution in [2.45, 2.75) is 39.8 Å². The van der Waals surface area contributed by atoms with Gasteiger partial charge in [0.05, 0.1) is 42.7 Å². The number of nitrogens with zero attached hydrogens (tertiary/aromatic N) is 2. The first-order chi connectivity index (χ1) is 21.2. The summed E-state index contributed by atoms with van der Waals surface area (Å²) in [5.74, 6) is 0.306. The van der Waals surface area contributed by atoms with Crippen LogP contribution in [-0.2, 0) is 23.8 Å². The highest BCUT2D eigenvalue weighted by molar-refractivity contribution is 7.07. The van der Waals surface area contributed by atoms with Gasteiger partial charge in [-0.15, -0.1) is 0 Å². The number of carbonyl (C=O) groups is 2. The predicted molar refractivity (Wildman–Crippen MR) is 164 cm³/mol. The number of hydrogen-bond acceptors (Lipinski definition) is 11. The Kier molecular flexibility index (Phi) is 11.0. The molecular weight excluding hydrogens is 588 g/mol. The number of methoxy groups -OCH3 is 2. The molecule has 4 rings (SSSR count). The van der Waals surface area contributed by atoms with Crippen LogP contribution in [0.1, 0.15) is 44.9 Å². The molecule has 0 fully saturated rings. The molecule has 1 aromatic heterocycles. The summed E-state index contributed by atoms with van der Waals surface area (Å²) in [4.78, 5) is 44.5. The van der Waals surface area contributed by atoms with E-state index >= 15 is 0 Å². The lowest BCUT2D eigenvalue weighted by molar-refractivity contribution is -0.150. The fraction of sp³-hybridized carbons (Fsp3) is 0.375. The highest BCUT2D eigenvalue weighted by Crippen LogP contribution is 2.40. The highest BCUT2D eigenvalue weighted by Gasteiger charge is 2.36. The number of thiazole rings is 1. The zero-order valence-electron chi connectivity index (χ0n) is 25.6. The Morgan fingerprint density at radius 3 is 2.45 bits per heavy atom. The maximum Gasteiger partial charge on any atom is 0.347 e. The molecule has 1 aliphatic rings. The minimum atomic E-state index is -0.889. The summed E-state index contributed by atoms with van der Waals surface area (Å²) in [6.07, 6.45) is 0.978. The predicted octanol–water partition coefficient (Wildman–Crippen LogP) is 3.16. The quantitative estimate of drug-likeness (QED) is 0.208. The van der Waals surface area contributed by atoms with E-state index in [1.165, 1.54) is 30.1 Å². The molecule has 0 saturated carbocycles. The Labute approximate surface area is 258 Å². The molecule has 0 aliphatic carbocycles. The Morgan fingerprint density at radius 2 is 1.80 bits per heavy atom. The minimum absolute atomic E-state index is 0.0396. The third kappa shape index (κ3) is 7.03. The first-order valence-electron chi connectivity index (χ1n) is 14.2. The van der Waals surface area contributed by atoms with Gasteiger partial charge in [-0.25, -0.2) is 14.6 Å². The van der Waals surface area contributed by atoms with Crippen molar-refractivity contribution in [1.82, 2.24) is 4.57 Å². The number of ether oxygens (including phenoxy) is 6. The van der Waals surface area contributed by atoms with Crippen LogP contribution in [0.2, 0.25) is 0 Å². The van der Waals surface area contributed by atoms with Crippen molar-refractivity contribution in [3.8, 4) is 17.2 Å². The van der Waals surface area contributed by atoms with Crippen LogP contribution in [0.15, 0.2) is 63.5 Å². The van der Waals surface area contributed by atoms with Gasteiger partial charge in [0.2, 0.25) is 0 Å². The van der Waals surface area contributed by atoms with Crippen LogP contribution in [0.3, 0.4) is 0 Å². The van der Waals surface area contributed by atoms with Crippen LogP contribution in [0.4, 0.5) is 0 Å². The van der Waals surface area contributed by atoms with Crippen molar-refractivity contribution in [3.63, 3.8) is 0 Å². The van der Waals surface area contributed by atoms with Crippen molar-refractivity contribution >= 4 is 29.4 Å². The van der Waals surface area contributed by atoms with Gasteiger partial charge in [-0.1, -0.05) is 35.6 Å². The summed E-state index contributed by atoms with van der Waals surface area (Å²) in [6, 6.07) is 11.4. The molecule has 2 atom stereocenters. The normalized spacial score (nSPS) is 15.2. The SMILES string of the molecule is CCOC(=O)[C@H](C)Oc1ccc(/C=c2/sc3n(c2=O)[C@@H](c2cccc(OC)c2OCC)C(C(=O)OCCOC)=C(C)N=3)cc1. The molecule has 3 aromatic rings. The molecule has 234 valence electrons. The number of carbonyl (C=O) groups excluding carboxylic acids is 2. The van der Waals surface area contributed by atoms with Crippen LogP contribution in [-0.4, -0.2) is 63.3 Å². The summed E-state index contributed by atoms with van der Waals surface area (Å²) in [7, 11) is 3.05. The van der Waals surface area contributed by atoms with Crippen LogP contribution in [0.5, 0.6) is 17.2 Å². The van der Waals surface area contributed by atoms with E-state index in [0.29, 0.717) is 44.4 Å². The van der Waals surface area contributed by atoms with Crippen molar-refractivity contribution < 1.29 is 38.0 Å².